The third-order valence-corrected chi connectivity index (χ3v) is 20.4. The molecule has 2 heteroatoms. The average Bonchev–Trinajstić information content (AvgIpc) is 3.37. The molecule has 0 heterocycles. The summed E-state index contributed by atoms with van der Waals surface area (Å²) in [7, 11) is -3.50. The van der Waals surface area contributed by atoms with Crippen LogP contribution < -0.4 is 15.6 Å². The maximum atomic E-state index is 9.38. The van der Waals surface area contributed by atoms with Crippen LogP contribution in [0, 0.1) is 41.5 Å². The molecule has 0 aromatic heterocycles. The number of hydrogen-bond acceptors (Lipinski definition) is 0. The van der Waals surface area contributed by atoms with Crippen molar-refractivity contribution in [2.45, 2.75) is 80.1 Å². The molecule has 0 aliphatic heterocycles. The van der Waals surface area contributed by atoms with Crippen molar-refractivity contribution in [1.82, 2.24) is 0 Å². The van der Waals surface area contributed by atoms with Crippen molar-refractivity contribution in [3.05, 3.63) is 300 Å². The van der Waals surface area contributed by atoms with Crippen LogP contribution in [-0.2, 0) is 38.5 Å². The predicted octanol–water partition coefficient (Wildman–Crippen LogP) is 14.3. The highest BCUT2D eigenvalue weighted by atomic mass is 35.6. The fourth-order valence-corrected chi connectivity index (χ4v) is 16.5. The number of hydrogen-bond donors (Lipinski definition) is 0. The van der Waals surface area contributed by atoms with Gasteiger partial charge in [-0.05, 0) is 196 Å². The highest BCUT2D eigenvalue weighted by Crippen LogP contribution is 2.33. The van der Waals surface area contributed by atoms with Gasteiger partial charge in [0.05, 0.1) is 0 Å². The first-order valence-corrected chi connectivity index (χ1v) is 27.4. The van der Waals surface area contributed by atoms with Crippen LogP contribution in [0.5, 0.6) is 0 Å². The van der Waals surface area contributed by atoms with E-state index in [2.05, 4.69) is 242 Å². The normalized spacial score (nSPS) is 11.5. The maximum Gasteiger partial charge on any atom is 0.248 e. The van der Waals surface area contributed by atoms with Crippen LogP contribution in [0.1, 0.15) is 100 Å². The van der Waals surface area contributed by atoms with E-state index in [1.54, 1.807) is 0 Å². The Morgan fingerprint density at radius 2 is 0.456 bits per heavy atom. The molecule has 68 heavy (non-hydrogen) atoms. The Bertz CT molecular complexity index is 2800. The Hall–Kier alpha value is -6.51. The van der Waals surface area contributed by atoms with E-state index >= 15 is 0 Å². The third-order valence-electron chi connectivity index (χ3n) is 14.8. The molecule has 0 amide bonds. The summed E-state index contributed by atoms with van der Waals surface area (Å²) in [5.74, 6) is 0. The molecular formula is C66H63ClSi. The van der Waals surface area contributed by atoms with Gasteiger partial charge in [0.2, 0.25) is 7.38 Å². The molecule has 0 aliphatic carbocycles. The summed E-state index contributed by atoms with van der Waals surface area (Å²) >= 11 is 9.38. The van der Waals surface area contributed by atoms with Crippen LogP contribution in [0.15, 0.2) is 200 Å². The second-order valence-corrected chi connectivity index (χ2v) is 23.7. The van der Waals surface area contributed by atoms with Gasteiger partial charge in [-0.2, -0.15) is 0 Å². The summed E-state index contributed by atoms with van der Waals surface area (Å²) in [5, 5.41) is 3.90. The Balaban J connectivity index is 1.40. The smallest absolute Gasteiger partial charge is 0.149 e. The fraction of sp³-hybridized carbons (Fsp3) is 0.182. The lowest BCUT2D eigenvalue weighted by molar-refractivity contribution is 1.07. The average molecular weight is 920 g/mol. The Labute approximate surface area is 412 Å². The highest BCUT2D eigenvalue weighted by Gasteiger charge is 2.44. The standard InChI is InChI=1S/C66H63ClSi/c1-46-58(37-52-25-13-7-14-26-52)43-64(49(4)61(46)40-55-31-19-10-20-32-55)68(67,65-44-59(38-53-27-15-8-16-28-53)47(2)62(50(65)5)41-56-33-21-11-22-34-56)66-45-60(39-54-29-17-9-18-30-54)48(3)63(51(66)6)42-57-35-23-12-24-36-57/h7-36,43-45H,37-42H2,1-6H3. The van der Waals surface area contributed by atoms with Gasteiger partial charge in [0, 0.05) is 0 Å². The summed E-state index contributed by atoms with van der Waals surface area (Å²) in [6, 6.07) is 73.7. The molecule has 0 nitrogen and oxygen atoms in total. The maximum absolute atomic E-state index is 9.38. The summed E-state index contributed by atoms with van der Waals surface area (Å²) < 4.78 is 0. The van der Waals surface area contributed by atoms with Gasteiger partial charge < -0.3 is 0 Å². The van der Waals surface area contributed by atoms with Gasteiger partial charge in [0.25, 0.3) is 0 Å². The molecule has 0 aliphatic rings. The molecular weight excluding hydrogens is 856 g/mol. The van der Waals surface area contributed by atoms with E-state index in [9.17, 15) is 11.1 Å². The minimum atomic E-state index is -3.50. The van der Waals surface area contributed by atoms with E-state index < -0.39 is 7.38 Å². The molecule has 0 bridgehead atoms. The zero-order valence-electron chi connectivity index (χ0n) is 40.7. The van der Waals surface area contributed by atoms with Crippen molar-refractivity contribution in [2.24, 2.45) is 0 Å². The van der Waals surface area contributed by atoms with Crippen LogP contribution in [0.4, 0.5) is 0 Å². The van der Waals surface area contributed by atoms with E-state index in [4.69, 9.17) is 0 Å². The Morgan fingerprint density at radius 3 is 0.662 bits per heavy atom. The van der Waals surface area contributed by atoms with Gasteiger partial charge in [-0.1, -0.05) is 200 Å². The molecule has 9 aromatic carbocycles. The molecule has 0 saturated heterocycles. The second kappa shape index (κ2) is 20.8. The van der Waals surface area contributed by atoms with E-state index in [1.165, 1.54) is 116 Å². The van der Waals surface area contributed by atoms with Crippen molar-refractivity contribution >= 4 is 34.0 Å². The van der Waals surface area contributed by atoms with Crippen LogP contribution in [-0.4, -0.2) is 7.38 Å². The molecule has 0 spiro atoms. The zero-order valence-corrected chi connectivity index (χ0v) is 42.4. The molecule has 9 aromatic rings. The Kier molecular flexibility index (Phi) is 14.2. The quantitative estimate of drug-likeness (QED) is 0.0546. The second-order valence-electron chi connectivity index (χ2n) is 19.1. The van der Waals surface area contributed by atoms with E-state index in [1.807, 2.05) is 0 Å². The van der Waals surface area contributed by atoms with Gasteiger partial charge in [-0.25, -0.2) is 0 Å². The van der Waals surface area contributed by atoms with E-state index in [-0.39, 0.29) is 0 Å². The first kappa shape index (κ1) is 46.6. The van der Waals surface area contributed by atoms with E-state index in [0.29, 0.717) is 0 Å². The van der Waals surface area contributed by atoms with Crippen molar-refractivity contribution in [1.29, 1.82) is 0 Å². The number of benzene rings is 9. The lowest BCUT2D eigenvalue weighted by atomic mass is 9.89. The largest absolute Gasteiger partial charge is 0.248 e. The summed E-state index contributed by atoms with van der Waals surface area (Å²) in [4.78, 5) is 0. The van der Waals surface area contributed by atoms with Gasteiger partial charge in [-0.3, -0.25) is 0 Å². The van der Waals surface area contributed by atoms with Crippen LogP contribution >= 0.6 is 11.1 Å². The minimum Gasteiger partial charge on any atom is -0.149 e. The first-order valence-electron chi connectivity index (χ1n) is 24.4. The topological polar surface area (TPSA) is 0 Å². The van der Waals surface area contributed by atoms with Crippen LogP contribution in [0.2, 0.25) is 0 Å². The van der Waals surface area contributed by atoms with Crippen molar-refractivity contribution in [3.8, 4) is 0 Å². The SMILES string of the molecule is Cc1c(Cc2ccccc2)cc([Si](Cl)(c2cc(Cc3ccccc3)c(C)c(Cc3ccccc3)c2C)c2cc(Cc3ccccc3)c(C)c(Cc3ccccc3)c2C)c(C)c1Cc1ccccc1. The summed E-state index contributed by atoms with van der Waals surface area (Å²) in [6.45, 7) is 14.2. The van der Waals surface area contributed by atoms with Crippen molar-refractivity contribution in [2.75, 3.05) is 0 Å². The number of rotatable bonds is 15. The van der Waals surface area contributed by atoms with Gasteiger partial charge in [0.1, 0.15) is 0 Å². The van der Waals surface area contributed by atoms with Crippen molar-refractivity contribution in [3.63, 3.8) is 0 Å². The third kappa shape index (κ3) is 9.88. The summed E-state index contributed by atoms with van der Waals surface area (Å²) in [6.07, 6.45) is 5.02. The van der Waals surface area contributed by atoms with E-state index in [0.717, 1.165) is 38.5 Å². The van der Waals surface area contributed by atoms with Crippen LogP contribution in [0.3, 0.4) is 0 Å². The number of halogens is 1. The molecule has 0 unspecified atom stereocenters. The minimum absolute atomic E-state index is 0.833. The van der Waals surface area contributed by atoms with Gasteiger partial charge in [-0.15, -0.1) is 11.1 Å². The Morgan fingerprint density at radius 1 is 0.265 bits per heavy atom. The fourth-order valence-electron chi connectivity index (χ4n) is 10.8. The molecule has 0 N–H and O–H groups in total. The van der Waals surface area contributed by atoms with Gasteiger partial charge >= 0.3 is 0 Å². The van der Waals surface area contributed by atoms with Gasteiger partial charge in [0.15, 0.2) is 0 Å². The lowest BCUT2D eigenvalue weighted by Crippen LogP contribution is -2.66. The first-order chi connectivity index (χ1) is 33.1. The predicted molar refractivity (Wildman–Crippen MR) is 294 cm³/mol. The molecule has 0 fully saturated rings. The lowest BCUT2D eigenvalue weighted by Gasteiger charge is -2.36. The highest BCUT2D eigenvalue weighted by molar-refractivity contribution is 7.40. The zero-order chi connectivity index (χ0) is 47.2. The molecule has 0 saturated carbocycles. The van der Waals surface area contributed by atoms with Crippen LogP contribution in [0.25, 0.3) is 0 Å². The van der Waals surface area contributed by atoms with Crippen molar-refractivity contribution < 1.29 is 0 Å². The molecule has 9 rings (SSSR count). The molecule has 338 valence electrons. The molecule has 0 radical (unpaired) electrons. The monoisotopic (exact) mass is 918 g/mol. The molecule has 0 atom stereocenters. The summed E-state index contributed by atoms with van der Waals surface area (Å²) in [5.41, 5.74) is 24.1.